The third kappa shape index (κ3) is 5.31. The molecule has 1 aromatic rings. The van der Waals surface area contributed by atoms with E-state index in [-0.39, 0.29) is 36.5 Å². The zero-order valence-corrected chi connectivity index (χ0v) is 15.0. The van der Waals surface area contributed by atoms with E-state index in [0.29, 0.717) is 19.6 Å². The van der Waals surface area contributed by atoms with Crippen molar-refractivity contribution in [3.05, 3.63) is 29.8 Å². The Kier molecular flexibility index (Phi) is 6.98. The molecule has 1 aliphatic heterocycles. The van der Waals surface area contributed by atoms with Gasteiger partial charge in [0.25, 0.3) is 0 Å². The molecule has 0 saturated carbocycles. The maximum Gasteiger partial charge on any atom is 0.227 e. The fourth-order valence-electron chi connectivity index (χ4n) is 2.84. The Morgan fingerprint density at radius 1 is 1.12 bits per heavy atom. The number of hydrogen-bond acceptors (Lipinski definition) is 3. The van der Waals surface area contributed by atoms with Crippen LogP contribution in [0.1, 0.15) is 38.7 Å². The van der Waals surface area contributed by atoms with Gasteiger partial charge >= 0.3 is 0 Å². The Bertz CT molecular complexity index is 613. The highest BCUT2D eigenvalue weighted by Gasteiger charge is 2.34. The van der Waals surface area contributed by atoms with E-state index in [1.54, 1.807) is 4.90 Å². The van der Waals surface area contributed by atoms with Crippen LogP contribution in [0.15, 0.2) is 24.3 Å². The zero-order chi connectivity index (χ0) is 18.2. The molecule has 3 amide bonds. The van der Waals surface area contributed by atoms with Crippen LogP contribution in [0.25, 0.3) is 0 Å². The molecular formula is C19H27N3O3. The SMILES string of the molecule is CCCNC(=O)CCNC(=O)C1CC(=O)N(c2ccc(CC)cc2)C1. The van der Waals surface area contributed by atoms with Gasteiger partial charge in [0.2, 0.25) is 17.7 Å². The van der Waals surface area contributed by atoms with Gasteiger partial charge in [0.05, 0.1) is 5.92 Å². The van der Waals surface area contributed by atoms with E-state index in [9.17, 15) is 14.4 Å². The lowest BCUT2D eigenvalue weighted by molar-refractivity contribution is -0.126. The highest BCUT2D eigenvalue weighted by molar-refractivity contribution is 6.00. The van der Waals surface area contributed by atoms with Gasteiger partial charge < -0.3 is 15.5 Å². The molecule has 1 aromatic carbocycles. The molecule has 1 fully saturated rings. The van der Waals surface area contributed by atoms with Gasteiger partial charge in [0.15, 0.2) is 0 Å². The van der Waals surface area contributed by atoms with E-state index < -0.39 is 0 Å². The summed E-state index contributed by atoms with van der Waals surface area (Å²) in [7, 11) is 0. The minimum Gasteiger partial charge on any atom is -0.356 e. The summed E-state index contributed by atoms with van der Waals surface area (Å²) in [5.41, 5.74) is 2.04. The number of benzene rings is 1. The van der Waals surface area contributed by atoms with E-state index in [0.717, 1.165) is 18.5 Å². The van der Waals surface area contributed by atoms with Gasteiger partial charge in [0, 0.05) is 38.2 Å². The molecule has 0 aromatic heterocycles. The van der Waals surface area contributed by atoms with E-state index in [1.165, 1.54) is 5.56 Å². The Balaban J connectivity index is 1.82. The van der Waals surface area contributed by atoms with Crippen LogP contribution in [-0.2, 0) is 20.8 Å². The van der Waals surface area contributed by atoms with Gasteiger partial charge in [-0.25, -0.2) is 0 Å². The first-order valence-electron chi connectivity index (χ1n) is 8.98. The van der Waals surface area contributed by atoms with Crippen LogP contribution >= 0.6 is 0 Å². The second-order valence-electron chi connectivity index (χ2n) is 6.32. The molecule has 1 aliphatic rings. The predicted molar refractivity (Wildman–Crippen MR) is 97.2 cm³/mol. The number of hydrogen-bond donors (Lipinski definition) is 2. The van der Waals surface area contributed by atoms with Crippen LogP contribution in [0.3, 0.4) is 0 Å². The van der Waals surface area contributed by atoms with Gasteiger partial charge in [-0.2, -0.15) is 0 Å². The van der Waals surface area contributed by atoms with Crippen molar-refractivity contribution in [1.29, 1.82) is 0 Å². The lowest BCUT2D eigenvalue weighted by Gasteiger charge is -2.17. The lowest BCUT2D eigenvalue weighted by atomic mass is 10.1. The van der Waals surface area contributed by atoms with Crippen LogP contribution in [0.2, 0.25) is 0 Å². The molecule has 6 heteroatoms. The summed E-state index contributed by atoms with van der Waals surface area (Å²) in [5.74, 6) is -0.631. The topological polar surface area (TPSA) is 78.5 Å². The molecule has 2 rings (SSSR count). The first-order chi connectivity index (χ1) is 12.0. The minimum absolute atomic E-state index is 0.0370. The quantitative estimate of drug-likeness (QED) is 0.752. The summed E-state index contributed by atoms with van der Waals surface area (Å²) in [6.45, 7) is 5.40. The molecular weight excluding hydrogens is 318 g/mol. The fraction of sp³-hybridized carbons (Fsp3) is 0.526. The summed E-state index contributed by atoms with van der Waals surface area (Å²) in [4.78, 5) is 37.7. The van der Waals surface area contributed by atoms with E-state index in [1.807, 2.05) is 31.2 Å². The van der Waals surface area contributed by atoms with Crippen molar-refractivity contribution in [3.63, 3.8) is 0 Å². The Labute approximate surface area is 149 Å². The van der Waals surface area contributed by atoms with Gasteiger partial charge in [-0.05, 0) is 30.5 Å². The van der Waals surface area contributed by atoms with Gasteiger partial charge in [-0.15, -0.1) is 0 Å². The zero-order valence-electron chi connectivity index (χ0n) is 15.0. The van der Waals surface area contributed by atoms with Crippen LogP contribution in [0, 0.1) is 5.92 Å². The second kappa shape index (κ2) is 9.20. The largest absolute Gasteiger partial charge is 0.356 e. The van der Waals surface area contributed by atoms with E-state index in [4.69, 9.17) is 0 Å². The van der Waals surface area contributed by atoms with Crippen LogP contribution < -0.4 is 15.5 Å². The van der Waals surface area contributed by atoms with Crippen molar-refractivity contribution in [2.24, 2.45) is 5.92 Å². The summed E-state index contributed by atoms with van der Waals surface area (Å²) >= 11 is 0. The van der Waals surface area contributed by atoms with Gasteiger partial charge in [-0.3, -0.25) is 14.4 Å². The maximum atomic E-state index is 12.2. The van der Waals surface area contributed by atoms with Crippen molar-refractivity contribution >= 4 is 23.4 Å². The molecule has 1 heterocycles. The number of aryl methyl sites for hydroxylation is 1. The highest BCUT2D eigenvalue weighted by Crippen LogP contribution is 2.25. The molecule has 136 valence electrons. The van der Waals surface area contributed by atoms with Crippen LogP contribution in [0.5, 0.6) is 0 Å². The molecule has 0 radical (unpaired) electrons. The summed E-state index contributed by atoms with van der Waals surface area (Å²) < 4.78 is 0. The van der Waals surface area contributed by atoms with Crippen molar-refractivity contribution in [2.75, 3.05) is 24.5 Å². The number of nitrogens with one attached hydrogen (secondary N) is 2. The highest BCUT2D eigenvalue weighted by atomic mass is 16.2. The number of carbonyl (C=O) groups excluding carboxylic acids is 3. The van der Waals surface area contributed by atoms with Gasteiger partial charge in [-0.1, -0.05) is 26.0 Å². The molecule has 1 unspecified atom stereocenters. The second-order valence-corrected chi connectivity index (χ2v) is 6.32. The predicted octanol–water partition coefficient (Wildman–Crippen LogP) is 1.63. The third-order valence-corrected chi connectivity index (χ3v) is 4.38. The molecule has 6 nitrogen and oxygen atoms in total. The number of anilines is 1. The average Bonchev–Trinajstić information content (AvgIpc) is 3.01. The van der Waals surface area contributed by atoms with E-state index >= 15 is 0 Å². The molecule has 2 N–H and O–H groups in total. The number of nitrogens with zero attached hydrogens (tertiary/aromatic N) is 1. The average molecular weight is 345 g/mol. The van der Waals surface area contributed by atoms with Crippen molar-refractivity contribution < 1.29 is 14.4 Å². The molecule has 0 spiro atoms. The Hall–Kier alpha value is -2.37. The molecule has 0 bridgehead atoms. The molecule has 0 aliphatic carbocycles. The number of carbonyl (C=O) groups is 3. The minimum atomic E-state index is -0.364. The molecule has 1 atom stereocenters. The van der Waals surface area contributed by atoms with Gasteiger partial charge in [0.1, 0.15) is 0 Å². The first-order valence-corrected chi connectivity index (χ1v) is 8.98. The summed E-state index contributed by atoms with van der Waals surface area (Å²) in [5, 5.41) is 5.53. The van der Waals surface area contributed by atoms with E-state index in [2.05, 4.69) is 17.6 Å². The Morgan fingerprint density at radius 2 is 1.84 bits per heavy atom. The summed E-state index contributed by atoms with van der Waals surface area (Å²) in [6, 6.07) is 7.86. The van der Waals surface area contributed by atoms with Crippen LogP contribution in [-0.4, -0.2) is 37.4 Å². The van der Waals surface area contributed by atoms with Crippen molar-refractivity contribution in [2.45, 2.75) is 39.5 Å². The lowest BCUT2D eigenvalue weighted by Crippen LogP contribution is -2.35. The molecule has 25 heavy (non-hydrogen) atoms. The van der Waals surface area contributed by atoms with Crippen molar-refractivity contribution in [3.8, 4) is 0 Å². The first kappa shape index (κ1) is 19.0. The fourth-order valence-corrected chi connectivity index (χ4v) is 2.84. The monoisotopic (exact) mass is 345 g/mol. The summed E-state index contributed by atoms with van der Waals surface area (Å²) in [6.07, 6.45) is 2.31. The number of amides is 3. The molecule has 1 saturated heterocycles. The third-order valence-electron chi connectivity index (χ3n) is 4.38. The van der Waals surface area contributed by atoms with Crippen LogP contribution in [0.4, 0.5) is 5.69 Å². The Morgan fingerprint density at radius 3 is 2.48 bits per heavy atom. The maximum absolute atomic E-state index is 12.2. The normalized spacial score (nSPS) is 16.8. The standard InChI is InChI=1S/C19H27N3O3/c1-3-10-20-17(23)9-11-21-19(25)15-12-18(24)22(13-15)16-7-5-14(4-2)6-8-16/h5-8,15H,3-4,9-13H2,1-2H3,(H,20,23)(H,21,25). The smallest absolute Gasteiger partial charge is 0.227 e. The van der Waals surface area contributed by atoms with Crippen molar-refractivity contribution in [1.82, 2.24) is 10.6 Å². The number of rotatable bonds is 8.